The number of carbonyl (C=O) groups is 3. The first-order valence-electron chi connectivity index (χ1n) is 11.2. The van der Waals surface area contributed by atoms with Gasteiger partial charge in [0.25, 0.3) is 0 Å². The number of rotatable bonds is 7. The average Bonchev–Trinajstić information content (AvgIpc) is 3.45. The first-order valence-corrected chi connectivity index (χ1v) is 11.2. The van der Waals surface area contributed by atoms with Gasteiger partial charge in [-0.05, 0) is 49.7 Å². The Kier molecular flexibility index (Phi) is 6.06. The Balaban J connectivity index is 1.42. The number of hydrogen-bond donors (Lipinski definition) is 1. The average molecular weight is 413 g/mol. The maximum absolute atomic E-state index is 13.0. The van der Waals surface area contributed by atoms with Crippen molar-refractivity contribution in [2.24, 2.45) is 11.8 Å². The van der Waals surface area contributed by atoms with Gasteiger partial charge in [0.05, 0.1) is 18.5 Å². The van der Waals surface area contributed by atoms with Gasteiger partial charge in [-0.2, -0.15) is 0 Å². The molecule has 3 fully saturated rings. The number of aryl methyl sites for hydroxylation is 1. The molecule has 1 N–H and O–H groups in total. The number of pyridine rings is 1. The van der Waals surface area contributed by atoms with Crippen LogP contribution < -0.4 is 5.32 Å². The maximum atomic E-state index is 13.0. The molecule has 3 amide bonds. The van der Waals surface area contributed by atoms with E-state index in [2.05, 4.69) is 24.1 Å². The van der Waals surface area contributed by atoms with E-state index in [1.54, 1.807) is 17.3 Å². The highest BCUT2D eigenvalue weighted by molar-refractivity contribution is 5.88. The van der Waals surface area contributed by atoms with E-state index >= 15 is 0 Å². The maximum Gasteiger partial charge on any atom is 0.242 e. The lowest BCUT2D eigenvalue weighted by molar-refractivity contribution is -0.149. The lowest BCUT2D eigenvalue weighted by atomic mass is 9.91. The third-order valence-corrected chi connectivity index (χ3v) is 6.46. The number of hydrogen-bond acceptors (Lipinski definition) is 4. The van der Waals surface area contributed by atoms with E-state index in [-0.39, 0.29) is 42.3 Å². The second kappa shape index (κ2) is 8.74. The summed E-state index contributed by atoms with van der Waals surface area (Å²) in [6.07, 6.45) is 8.05. The summed E-state index contributed by atoms with van der Waals surface area (Å²) in [6, 6.07) is 4.01. The molecular formula is C23H32N4O3. The number of piperazine rings is 1. The minimum Gasteiger partial charge on any atom is -0.353 e. The van der Waals surface area contributed by atoms with Crippen LogP contribution in [0.3, 0.4) is 0 Å². The van der Waals surface area contributed by atoms with Crippen LogP contribution in [0.4, 0.5) is 0 Å². The standard InChI is InChI=1S/C23H32N4O3/c1-15(2)10-20-19(23(30)25-17-6-7-17)11-18-13-26(14-22(29)27(18)20)21(28)8-5-16-4-3-9-24-12-16/h3-4,9,12,15,17-20H,5-8,10-11,13-14H2,1-2H3,(H,25,30)/t18-,19-,20-/m0/s1. The Morgan fingerprint density at radius 2 is 2.10 bits per heavy atom. The van der Waals surface area contributed by atoms with E-state index < -0.39 is 0 Å². The molecule has 2 saturated heterocycles. The van der Waals surface area contributed by atoms with Crippen molar-refractivity contribution in [2.75, 3.05) is 13.1 Å². The molecule has 0 unspecified atom stereocenters. The van der Waals surface area contributed by atoms with Crippen molar-refractivity contribution in [2.45, 2.75) is 70.5 Å². The van der Waals surface area contributed by atoms with Crippen molar-refractivity contribution in [3.63, 3.8) is 0 Å². The highest BCUT2D eigenvalue weighted by Crippen LogP contribution is 2.37. The summed E-state index contributed by atoms with van der Waals surface area (Å²) < 4.78 is 0. The summed E-state index contributed by atoms with van der Waals surface area (Å²) in [6.45, 7) is 4.91. The van der Waals surface area contributed by atoms with Gasteiger partial charge in [-0.1, -0.05) is 19.9 Å². The van der Waals surface area contributed by atoms with Crippen molar-refractivity contribution < 1.29 is 14.4 Å². The Morgan fingerprint density at radius 1 is 1.30 bits per heavy atom. The number of fused-ring (bicyclic) bond motifs is 1. The predicted molar refractivity (Wildman–Crippen MR) is 112 cm³/mol. The fraction of sp³-hybridized carbons (Fsp3) is 0.652. The van der Waals surface area contributed by atoms with Crippen molar-refractivity contribution >= 4 is 17.7 Å². The summed E-state index contributed by atoms with van der Waals surface area (Å²) in [7, 11) is 0. The van der Waals surface area contributed by atoms with Gasteiger partial charge in [-0.15, -0.1) is 0 Å². The molecule has 0 bridgehead atoms. The summed E-state index contributed by atoms with van der Waals surface area (Å²) in [5, 5.41) is 3.13. The SMILES string of the molecule is CC(C)C[C@H]1[C@@H](C(=O)NC2CC2)C[C@H]2CN(C(=O)CCc3cccnc3)CC(=O)N21. The molecule has 3 aliphatic rings. The molecule has 3 atom stereocenters. The van der Waals surface area contributed by atoms with Gasteiger partial charge in [-0.25, -0.2) is 0 Å². The fourth-order valence-electron chi connectivity index (χ4n) is 4.87. The quantitative estimate of drug-likeness (QED) is 0.740. The number of nitrogens with zero attached hydrogens (tertiary/aromatic N) is 3. The first-order chi connectivity index (χ1) is 14.4. The second-order valence-corrected chi connectivity index (χ2v) is 9.41. The molecule has 1 aromatic rings. The summed E-state index contributed by atoms with van der Waals surface area (Å²) in [5.41, 5.74) is 1.02. The van der Waals surface area contributed by atoms with Crippen LogP contribution in [0.2, 0.25) is 0 Å². The minimum absolute atomic E-state index is 0.00172. The third-order valence-electron chi connectivity index (χ3n) is 6.46. The van der Waals surface area contributed by atoms with Crippen molar-refractivity contribution in [3.8, 4) is 0 Å². The lowest BCUT2D eigenvalue weighted by Gasteiger charge is -2.40. The normalized spacial score (nSPS) is 26.1. The molecule has 0 spiro atoms. The Bertz CT molecular complexity index is 793. The molecule has 7 nitrogen and oxygen atoms in total. The van der Waals surface area contributed by atoms with Crippen LogP contribution in [0.1, 0.15) is 51.5 Å². The topological polar surface area (TPSA) is 82.6 Å². The number of nitrogens with one attached hydrogen (secondary N) is 1. The highest BCUT2D eigenvalue weighted by atomic mass is 16.2. The smallest absolute Gasteiger partial charge is 0.242 e. The van der Waals surface area contributed by atoms with Crippen LogP contribution in [0.15, 0.2) is 24.5 Å². The van der Waals surface area contributed by atoms with Crippen LogP contribution in [0, 0.1) is 11.8 Å². The number of amides is 3. The molecule has 3 heterocycles. The van der Waals surface area contributed by atoms with Crippen LogP contribution in [0.5, 0.6) is 0 Å². The molecule has 7 heteroatoms. The van der Waals surface area contributed by atoms with Crippen LogP contribution in [0.25, 0.3) is 0 Å². The van der Waals surface area contributed by atoms with Gasteiger partial charge in [0.1, 0.15) is 0 Å². The molecule has 4 rings (SSSR count). The number of aromatic nitrogens is 1. The highest BCUT2D eigenvalue weighted by Gasteiger charge is 2.50. The molecule has 1 aliphatic carbocycles. The van der Waals surface area contributed by atoms with E-state index in [1.807, 2.05) is 17.0 Å². The number of carbonyl (C=O) groups excluding carboxylic acids is 3. The van der Waals surface area contributed by atoms with Gasteiger partial charge >= 0.3 is 0 Å². The first kappa shape index (κ1) is 20.8. The van der Waals surface area contributed by atoms with E-state index in [0.717, 1.165) is 24.8 Å². The Morgan fingerprint density at radius 3 is 2.77 bits per heavy atom. The second-order valence-electron chi connectivity index (χ2n) is 9.41. The Hall–Kier alpha value is -2.44. The van der Waals surface area contributed by atoms with E-state index in [9.17, 15) is 14.4 Å². The fourth-order valence-corrected chi connectivity index (χ4v) is 4.87. The van der Waals surface area contributed by atoms with Gasteiger partial charge in [0.2, 0.25) is 17.7 Å². The van der Waals surface area contributed by atoms with Crippen LogP contribution in [-0.4, -0.2) is 63.7 Å². The molecule has 1 saturated carbocycles. The molecule has 0 aromatic carbocycles. The molecule has 2 aliphatic heterocycles. The van der Waals surface area contributed by atoms with Crippen molar-refractivity contribution in [1.29, 1.82) is 0 Å². The Labute approximate surface area is 178 Å². The van der Waals surface area contributed by atoms with Gasteiger partial charge in [0, 0.05) is 37.4 Å². The van der Waals surface area contributed by atoms with Gasteiger partial charge < -0.3 is 15.1 Å². The monoisotopic (exact) mass is 412 g/mol. The third kappa shape index (κ3) is 4.65. The van der Waals surface area contributed by atoms with Crippen molar-refractivity contribution in [1.82, 2.24) is 20.1 Å². The van der Waals surface area contributed by atoms with E-state index in [4.69, 9.17) is 0 Å². The summed E-state index contributed by atoms with van der Waals surface area (Å²) in [4.78, 5) is 46.4. The zero-order chi connectivity index (χ0) is 21.3. The summed E-state index contributed by atoms with van der Waals surface area (Å²) in [5.74, 6) is 0.288. The summed E-state index contributed by atoms with van der Waals surface area (Å²) >= 11 is 0. The van der Waals surface area contributed by atoms with Crippen LogP contribution >= 0.6 is 0 Å². The zero-order valence-corrected chi connectivity index (χ0v) is 17.9. The lowest BCUT2D eigenvalue weighted by Crippen LogP contribution is -2.58. The minimum atomic E-state index is -0.174. The van der Waals surface area contributed by atoms with E-state index in [1.165, 1.54) is 0 Å². The zero-order valence-electron chi connectivity index (χ0n) is 17.9. The predicted octanol–water partition coefficient (Wildman–Crippen LogP) is 1.77. The van der Waals surface area contributed by atoms with Crippen LogP contribution in [-0.2, 0) is 20.8 Å². The largest absolute Gasteiger partial charge is 0.353 e. The molecular weight excluding hydrogens is 380 g/mol. The van der Waals surface area contributed by atoms with Crippen molar-refractivity contribution in [3.05, 3.63) is 30.1 Å². The van der Waals surface area contributed by atoms with E-state index in [0.29, 0.717) is 37.8 Å². The molecule has 0 radical (unpaired) electrons. The molecule has 162 valence electrons. The molecule has 30 heavy (non-hydrogen) atoms. The van der Waals surface area contributed by atoms with Gasteiger partial charge in [0.15, 0.2) is 0 Å². The molecule has 1 aromatic heterocycles. The van der Waals surface area contributed by atoms with Gasteiger partial charge in [-0.3, -0.25) is 19.4 Å².